The first-order valence-electron chi connectivity index (χ1n) is 8.20. The molecule has 2 rings (SSSR count). The molecular formula is C18H26N2O3. The van der Waals surface area contributed by atoms with Crippen molar-refractivity contribution >= 4 is 17.5 Å². The van der Waals surface area contributed by atoms with Gasteiger partial charge in [-0.1, -0.05) is 12.1 Å². The molecule has 23 heavy (non-hydrogen) atoms. The number of anilines is 1. The van der Waals surface area contributed by atoms with Crippen LogP contribution in [0.3, 0.4) is 0 Å². The van der Waals surface area contributed by atoms with Gasteiger partial charge in [0, 0.05) is 44.8 Å². The zero-order chi connectivity index (χ0) is 16.8. The minimum Gasteiger partial charge on any atom is -0.381 e. The number of amides is 2. The van der Waals surface area contributed by atoms with Gasteiger partial charge in [-0.2, -0.15) is 0 Å². The summed E-state index contributed by atoms with van der Waals surface area (Å²) in [7, 11) is 0. The number of aryl methyl sites for hydroxylation is 2. The van der Waals surface area contributed by atoms with Crippen molar-refractivity contribution in [2.24, 2.45) is 5.92 Å². The van der Waals surface area contributed by atoms with Gasteiger partial charge >= 0.3 is 0 Å². The Morgan fingerprint density at radius 3 is 2.61 bits per heavy atom. The first-order chi connectivity index (χ1) is 11.0. The van der Waals surface area contributed by atoms with Crippen LogP contribution in [0.4, 0.5) is 5.69 Å². The number of benzene rings is 1. The van der Waals surface area contributed by atoms with Crippen LogP contribution in [0.15, 0.2) is 18.2 Å². The van der Waals surface area contributed by atoms with Crippen molar-refractivity contribution in [3.8, 4) is 0 Å². The first-order valence-corrected chi connectivity index (χ1v) is 8.20. The lowest BCUT2D eigenvalue weighted by Crippen LogP contribution is -2.41. The van der Waals surface area contributed by atoms with E-state index in [0.717, 1.165) is 29.7 Å². The topological polar surface area (TPSA) is 58.6 Å². The van der Waals surface area contributed by atoms with Crippen LogP contribution in [0.2, 0.25) is 0 Å². The van der Waals surface area contributed by atoms with Gasteiger partial charge in [-0.05, 0) is 43.9 Å². The molecule has 5 heteroatoms. The zero-order valence-electron chi connectivity index (χ0n) is 14.2. The van der Waals surface area contributed by atoms with E-state index in [0.29, 0.717) is 26.3 Å². The fourth-order valence-electron chi connectivity index (χ4n) is 2.85. The third-order valence-corrected chi connectivity index (χ3v) is 4.26. The van der Waals surface area contributed by atoms with Crippen LogP contribution in [0.25, 0.3) is 0 Å². The van der Waals surface area contributed by atoms with E-state index in [1.165, 1.54) is 0 Å². The van der Waals surface area contributed by atoms with Gasteiger partial charge in [0.25, 0.3) is 0 Å². The summed E-state index contributed by atoms with van der Waals surface area (Å²) in [6.45, 7) is 7.81. The average Bonchev–Trinajstić information content (AvgIpc) is 2.54. The third-order valence-electron chi connectivity index (χ3n) is 4.26. The molecule has 0 saturated carbocycles. The smallest absolute Gasteiger partial charge is 0.223 e. The highest BCUT2D eigenvalue weighted by Crippen LogP contribution is 2.21. The zero-order valence-corrected chi connectivity index (χ0v) is 14.2. The maximum absolute atomic E-state index is 12.1. The van der Waals surface area contributed by atoms with E-state index in [2.05, 4.69) is 5.32 Å². The Hall–Kier alpha value is -1.88. The molecule has 0 bridgehead atoms. The number of hydrogen-bond acceptors (Lipinski definition) is 3. The van der Waals surface area contributed by atoms with Crippen molar-refractivity contribution in [3.63, 3.8) is 0 Å². The number of ether oxygens (including phenoxy) is 1. The van der Waals surface area contributed by atoms with Crippen LogP contribution in [0.1, 0.15) is 30.9 Å². The van der Waals surface area contributed by atoms with Crippen molar-refractivity contribution in [2.45, 2.75) is 33.6 Å². The summed E-state index contributed by atoms with van der Waals surface area (Å²) in [6.07, 6.45) is 1.55. The second-order valence-electron chi connectivity index (χ2n) is 6.14. The molecule has 1 saturated heterocycles. The van der Waals surface area contributed by atoms with Crippen molar-refractivity contribution in [1.29, 1.82) is 0 Å². The molecule has 0 aliphatic carbocycles. The van der Waals surface area contributed by atoms with E-state index in [9.17, 15) is 9.59 Å². The van der Waals surface area contributed by atoms with E-state index < -0.39 is 0 Å². The summed E-state index contributed by atoms with van der Waals surface area (Å²) in [5.41, 5.74) is 3.09. The molecule has 1 aliphatic heterocycles. The van der Waals surface area contributed by atoms with Gasteiger partial charge in [0.2, 0.25) is 11.8 Å². The van der Waals surface area contributed by atoms with Gasteiger partial charge in [-0.15, -0.1) is 0 Å². The molecular weight excluding hydrogens is 292 g/mol. The summed E-state index contributed by atoms with van der Waals surface area (Å²) in [4.78, 5) is 25.8. The number of nitrogens with zero attached hydrogens (tertiary/aromatic N) is 1. The predicted octanol–water partition coefficient (Wildman–Crippen LogP) is 2.20. The standard InChI is InChI=1S/C18H26N2O3/c1-13-4-5-14(2)17(12-13)20(15(3)21)9-8-19-18(22)16-6-10-23-11-7-16/h4-5,12,16H,6-11H2,1-3H3,(H,19,22). The van der Waals surface area contributed by atoms with Crippen molar-refractivity contribution in [3.05, 3.63) is 29.3 Å². The number of hydrogen-bond donors (Lipinski definition) is 1. The van der Waals surface area contributed by atoms with Gasteiger partial charge in [0.15, 0.2) is 0 Å². The molecule has 0 atom stereocenters. The molecule has 0 spiro atoms. The van der Waals surface area contributed by atoms with Crippen LogP contribution >= 0.6 is 0 Å². The van der Waals surface area contributed by atoms with Crippen LogP contribution in [-0.4, -0.2) is 38.1 Å². The van der Waals surface area contributed by atoms with Crippen molar-refractivity contribution < 1.29 is 14.3 Å². The molecule has 0 aromatic heterocycles. The van der Waals surface area contributed by atoms with Crippen LogP contribution in [-0.2, 0) is 14.3 Å². The van der Waals surface area contributed by atoms with Crippen molar-refractivity contribution in [1.82, 2.24) is 5.32 Å². The second kappa shape index (κ2) is 8.11. The molecule has 126 valence electrons. The number of carbonyl (C=O) groups excluding carboxylic acids is 2. The largest absolute Gasteiger partial charge is 0.381 e. The summed E-state index contributed by atoms with van der Waals surface area (Å²) >= 11 is 0. The fraction of sp³-hybridized carbons (Fsp3) is 0.556. The highest BCUT2D eigenvalue weighted by molar-refractivity contribution is 5.92. The van der Waals surface area contributed by atoms with E-state index in [-0.39, 0.29) is 17.7 Å². The molecule has 1 aromatic rings. The lowest BCUT2D eigenvalue weighted by Gasteiger charge is -2.25. The van der Waals surface area contributed by atoms with Gasteiger partial charge in [0.05, 0.1) is 0 Å². The first kappa shape index (κ1) is 17.5. The molecule has 1 N–H and O–H groups in total. The monoisotopic (exact) mass is 318 g/mol. The fourth-order valence-corrected chi connectivity index (χ4v) is 2.85. The Morgan fingerprint density at radius 1 is 1.26 bits per heavy atom. The van der Waals surface area contributed by atoms with Gasteiger partial charge in [-0.3, -0.25) is 9.59 Å². The molecule has 1 aliphatic rings. The summed E-state index contributed by atoms with van der Waals surface area (Å²) < 4.78 is 5.27. The lowest BCUT2D eigenvalue weighted by atomic mass is 9.99. The molecule has 2 amide bonds. The van der Waals surface area contributed by atoms with E-state index in [1.54, 1.807) is 11.8 Å². The SMILES string of the molecule is CC(=O)N(CCNC(=O)C1CCOCC1)c1cc(C)ccc1C. The lowest BCUT2D eigenvalue weighted by molar-refractivity contribution is -0.127. The number of carbonyl (C=O) groups is 2. The number of rotatable bonds is 5. The summed E-state index contributed by atoms with van der Waals surface area (Å²) in [5, 5.41) is 2.95. The number of nitrogens with one attached hydrogen (secondary N) is 1. The van der Waals surface area contributed by atoms with Gasteiger partial charge in [0.1, 0.15) is 0 Å². The Bertz CT molecular complexity index is 565. The van der Waals surface area contributed by atoms with Gasteiger partial charge in [-0.25, -0.2) is 0 Å². The Labute approximate surface area is 138 Å². The van der Waals surface area contributed by atoms with Gasteiger partial charge < -0.3 is 15.0 Å². The molecule has 1 heterocycles. The molecule has 1 fully saturated rings. The average molecular weight is 318 g/mol. The highest BCUT2D eigenvalue weighted by Gasteiger charge is 2.21. The Balaban J connectivity index is 1.93. The van der Waals surface area contributed by atoms with Crippen LogP contribution < -0.4 is 10.2 Å². The van der Waals surface area contributed by atoms with E-state index in [1.807, 2.05) is 32.0 Å². The summed E-state index contributed by atoms with van der Waals surface area (Å²) in [6, 6.07) is 6.06. The highest BCUT2D eigenvalue weighted by atomic mass is 16.5. The summed E-state index contributed by atoms with van der Waals surface area (Å²) in [5.74, 6) is 0.0898. The molecule has 0 radical (unpaired) electrons. The third kappa shape index (κ3) is 4.79. The normalized spacial score (nSPS) is 15.3. The van der Waals surface area contributed by atoms with E-state index >= 15 is 0 Å². The van der Waals surface area contributed by atoms with Crippen LogP contribution in [0.5, 0.6) is 0 Å². The van der Waals surface area contributed by atoms with Crippen molar-refractivity contribution in [2.75, 3.05) is 31.2 Å². The van der Waals surface area contributed by atoms with E-state index in [4.69, 9.17) is 4.74 Å². The molecule has 5 nitrogen and oxygen atoms in total. The van der Waals surface area contributed by atoms with Crippen LogP contribution in [0, 0.1) is 19.8 Å². The maximum atomic E-state index is 12.1. The Morgan fingerprint density at radius 2 is 1.96 bits per heavy atom. The Kier molecular flexibility index (Phi) is 6.16. The molecule has 0 unspecified atom stereocenters. The second-order valence-corrected chi connectivity index (χ2v) is 6.14. The minimum atomic E-state index is -0.0148. The predicted molar refractivity (Wildman–Crippen MR) is 90.5 cm³/mol. The molecule has 1 aromatic carbocycles. The minimum absolute atomic E-state index is 0.0148. The quantitative estimate of drug-likeness (QED) is 0.905. The maximum Gasteiger partial charge on any atom is 0.223 e.